The van der Waals surface area contributed by atoms with Crippen LogP contribution in [0.4, 0.5) is 0 Å². The van der Waals surface area contributed by atoms with Crippen molar-refractivity contribution in [2.45, 2.75) is 38.6 Å². The topological polar surface area (TPSA) is 86.8 Å². The molecule has 2 aliphatic heterocycles. The largest absolute Gasteiger partial charge is 0.353 e. The third kappa shape index (κ3) is 4.37. The number of nitrogens with zero attached hydrogens (tertiary/aromatic N) is 2. The number of halogens is 1. The number of imide groups is 1. The third-order valence-corrected chi connectivity index (χ3v) is 5.52. The predicted octanol–water partition coefficient (Wildman–Crippen LogP) is 1.95. The lowest BCUT2D eigenvalue weighted by Gasteiger charge is -2.31. The smallest absolute Gasteiger partial charge is 0.261 e. The molecule has 4 amide bonds. The number of rotatable bonds is 5. The van der Waals surface area contributed by atoms with Crippen LogP contribution in [0, 0.1) is 0 Å². The molecule has 7 nitrogen and oxygen atoms in total. The molecule has 0 aliphatic carbocycles. The molecule has 1 fully saturated rings. The second-order valence-electron chi connectivity index (χ2n) is 6.90. The molecule has 8 heteroatoms. The quantitative estimate of drug-likeness (QED) is 0.715. The molecule has 0 bridgehead atoms. The zero-order chi connectivity index (χ0) is 19.6. The van der Waals surface area contributed by atoms with Gasteiger partial charge < -0.3 is 10.2 Å². The average molecular weight is 436 g/mol. The van der Waals surface area contributed by atoms with Crippen molar-refractivity contribution in [1.82, 2.24) is 15.1 Å². The van der Waals surface area contributed by atoms with Crippen LogP contribution < -0.4 is 5.32 Å². The lowest BCUT2D eigenvalue weighted by molar-refractivity contribution is -0.130. The van der Waals surface area contributed by atoms with E-state index in [0.29, 0.717) is 30.6 Å². The Morgan fingerprint density at radius 1 is 1.15 bits per heavy atom. The van der Waals surface area contributed by atoms with Crippen molar-refractivity contribution in [3.63, 3.8) is 0 Å². The highest BCUT2D eigenvalue weighted by molar-refractivity contribution is 9.10. The first-order valence-electron chi connectivity index (χ1n) is 9.07. The van der Waals surface area contributed by atoms with Gasteiger partial charge in [-0.05, 0) is 37.5 Å². The van der Waals surface area contributed by atoms with Gasteiger partial charge in [0.1, 0.15) is 0 Å². The van der Waals surface area contributed by atoms with Crippen LogP contribution in [0.2, 0.25) is 0 Å². The van der Waals surface area contributed by atoms with E-state index in [0.717, 1.165) is 17.3 Å². The van der Waals surface area contributed by atoms with E-state index in [9.17, 15) is 19.2 Å². The van der Waals surface area contributed by atoms with Crippen molar-refractivity contribution in [3.8, 4) is 0 Å². The third-order valence-electron chi connectivity index (χ3n) is 5.02. The van der Waals surface area contributed by atoms with Gasteiger partial charge in [-0.1, -0.05) is 15.9 Å². The maximum Gasteiger partial charge on any atom is 0.261 e. The van der Waals surface area contributed by atoms with E-state index in [2.05, 4.69) is 21.2 Å². The van der Waals surface area contributed by atoms with Crippen LogP contribution in [0.3, 0.4) is 0 Å². The molecular formula is C19H22BrN3O4. The van der Waals surface area contributed by atoms with Gasteiger partial charge >= 0.3 is 0 Å². The molecule has 0 spiro atoms. The van der Waals surface area contributed by atoms with E-state index >= 15 is 0 Å². The molecule has 0 atom stereocenters. The van der Waals surface area contributed by atoms with Gasteiger partial charge in [0.15, 0.2) is 0 Å². The number of hydrogen-bond donors (Lipinski definition) is 1. The Morgan fingerprint density at radius 2 is 1.81 bits per heavy atom. The van der Waals surface area contributed by atoms with Crippen molar-refractivity contribution in [2.75, 3.05) is 19.6 Å². The minimum Gasteiger partial charge on any atom is -0.353 e. The number of piperidine rings is 1. The monoisotopic (exact) mass is 435 g/mol. The molecule has 1 saturated heterocycles. The highest BCUT2D eigenvalue weighted by Gasteiger charge is 2.35. The van der Waals surface area contributed by atoms with E-state index in [-0.39, 0.29) is 42.6 Å². The van der Waals surface area contributed by atoms with Gasteiger partial charge in [0.25, 0.3) is 11.8 Å². The van der Waals surface area contributed by atoms with Crippen LogP contribution in [0.25, 0.3) is 0 Å². The van der Waals surface area contributed by atoms with E-state index < -0.39 is 0 Å². The van der Waals surface area contributed by atoms with Crippen molar-refractivity contribution < 1.29 is 19.2 Å². The molecule has 0 radical (unpaired) electrons. The fourth-order valence-corrected chi connectivity index (χ4v) is 3.86. The van der Waals surface area contributed by atoms with Crippen LogP contribution in [0.1, 0.15) is 53.3 Å². The van der Waals surface area contributed by atoms with Gasteiger partial charge in [0.2, 0.25) is 11.8 Å². The van der Waals surface area contributed by atoms with Crippen molar-refractivity contribution in [2.24, 2.45) is 0 Å². The molecule has 1 N–H and O–H groups in total. The molecule has 1 aromatic rings. The van der Waals surface area contributed by atoms with Gasteiger partial charge in [0.05, 0.1) is 11.1 Å². The molecule has 0 aromatic heterocycles. The zero-order valence-corrected chi connectivity index (χ0v) is 16.8. The minimum absolute atomic E-state index is 0.0627. The molecule has 1 aromatic carbocycles. The maximum absolute atomic E-state index is 12.4. The lowest BCUT2D eigenvalue weighted by atomic mass is 10.0. The predicted molar refractivity (Wildman–Crippen MR) is 102 cm³/mol. The van der Waals surface area contributed by atoms with E-state index in [1.807, 2.05) is 0 Å². The molecular weight excluding hydrogens is 414 g/mol. The Morgan fingerprint density at radius 3 is 2.48 bits per heavy atom. The molecule has 3 rings (SSSR count). The summed E-state index contributed by atoms with van der Waals surface area (Å²) in [5.74, 6) is -0.642. The standard InChI is InChI=1S/C19H22BrN3O4/c1-12(24)22-9-6-14(7-10-22)21-17(25)3-2-8-23-18(26)15-5-4-13(20)11-16(15)19(23)27/h4-5,11,14H,2-3,6-10H2,1H3,(H,21,25). The Hall–Kier alpha value is -2.22. The summed E-state index contributed by atoms with van der Waals surface area (Å²) in [5, 5.41) is 2.98. The molecule has 27 heavy (non-hydrogen) atoms. The summed E-state index contributed by atoms with van der Waals surface area (Å²) in [4.78, 5) is 51.2. The normalized spacial score (nSPS) is 17.3. The molecule has 0 unspecified atom stereocenters. The average Bonchev–Trinajstić information content (AvgIpc) is 2.86. The zero-order valence-electron chi connectivity index (χ0n) is 15.2. The van der Waals surface area contributed by atoms with E-state index in [1.54, 1.807) is 30.0 Å². The van der Waals surface area contributed by atoms with Gasteiger partial charge in [-0.3, -0.25) is 24.1 Å². The summed E-state index contributed by atoms with van der Waals surface area (Å²) in [7, 11) is 0. The van der Waals surface area contributed by atoms with Gasteiger partial charge in [-0.15, -0.1) is 0 Å². The van der Waals surface area contributed by atoms with Crippen LogP contribution in [-0.4, -0.2) is 59.1 Å². The number of amides is 4. The Bertz CT molecular complexity index is 787. The van der Waals surface area contributed by atoms with Crippen LogP contribution in [0.5, 0.6) is 0 Å². The Kier molecular flexibility index (Phi) is 5.94. The highest BCUT2D eigenvalue weighted by Crippen LogP contribution is 2.26. The van der Waals surface area contributed by atoms with Crippen LogP contribution in [0.15, 0.2) is 22.7 Å². The van der Waals surface area contributed by atoms with Gasteiger partial charge in [-0.2, -0.15) is 0 Å². The Balaban J connectivity index is 1.44. The maximum atomic E-state index is 12.4. The highest BCUT2D eigenvalue weighted by atomic mass is 79.9. The Labute approximate surface area is 166 Å². The molecule has 2 heterocycles. The fourth-order valence-electron chi connectivity index (χ4n) is 3.50. The summed E-state index contributed by atoms with van der Waals surface area (Å²) in [6.07, 6.45) is 2.17. The first-order chi connectivity index (χ1) is 12.9. The fraction of sp³-hybridized carbons (Fsp3) is 0.474. The van der Waals surface area contributed by atoms with E-state index in [4.69, 9.17) is 0 Å². The van der Waals surface area contributed by atoms with Crippen molar-refractivity contribution in [1.29, 1.82) is 0 Å². The summed E-state index contributed by atoms with van der Waals surface area (Å²) in [6, 6.07) is 5.10. The lowest BCUT2D eigenvalue weighted by Crippen LogP contribution is -2.46. The summed E-state index contributed by atoms with van der Waals surface area (Å²) in [6.45, 7) is 3.09. The number of carbonyl (C=O) groups excluding carboxylic acids is 4. The van der Waals surface area contributed by atoms with Crippen molar-refractivity contribution in [3.05, 3.63) is 33.8 Å². The number of carbonyl (C=O) groups is 4. The number of fused-ring (bicyclic) bond motifs is 1. The minimum atomic E-state index is -0.312. The number of benzene rings is 1. The molecule has 144 valence electrons. The second-order valence-corrected chi connectivity index (χ2v) is 7.82. The van der Waals surface area contributed by atoms with Crippen molar-refractivity contribution >= 4 is 39.6 Å². The number of hydrogen-bond acceptors (Lipinski definition) is 4. The first kappa shape index (κ1) is 19.5. The summed E-state index contributed by atoms with van der Waals surface area (Å²) >= 11 is 3.31. The van der Waals surface area contributed by atoms with Crippen LogP contribution in [-0.2, 0) is 9.59 Å². The summed E-state index contributed by atoms with van der Waals surface area (Å²) < 4.78 is 0.749. The van der Waals surface area contributed by atoms with Gasteiger partial charge in [0, 0.05) is 43.5 Å². The van der Waals surface area contributed by atoms with Crippen LogP contribution >= 0.6 is 15.9 Å². The summed E-state index contributed by atoms with van der Waals surface area (Å²) in [5.41, 5.74) is 0.806. The molecule has 2 aliphatic rings. The second kappa shape index (κ2) is 8.21. The number of nitrogens with one attached hydrogen (secondary N) is 1. The first-order valence-corrected chi connectivity index (χ1v) is 9.86. The number of likely N-dealkylation sites (tertiary alicyclic amines) is 1. The van der Waals surface area contributed by atoms with E-state index in [1.165, 1.54) is 4.90 Å². The van der Waals surface area contributed by atoms with Gasteiger partial charge in [-0.25, -0.2) is 0 Å². The SMILES string of the molecule is CC(=O)N1CCC(NC(=O)CCCN2C(=O)c3ccc(Br)cc3C2=O)CC1. The molecule has 0 saturated carbocycles.